The number of nitrogens with zero attached hydrogens (tertiary/aromatic N) is 11. The Kier molecular flexibility index (Phi) is 16.5. The largest absolute Gasteiger partial charge is 0.406 e. The number of nitrogens with two attached hydrogens (primary N) is 1. The van der Waals surface area contributed by atoms with Crippen molar-refractivity contribution < 1.29 is 23.3 Å². The van der Waals surface area contributed by atoms with Crippen molar-refractivity contribution in [3.8, 4) is 22.3 Å². The number of amidine groups is 2. The summed E-state index contributed by atoms with van der Waals surface area (Å²) in [5.41, 5.74) is 14.4. The minimum Gasteiger partial charge on any atom is -0.406 e. The molecule has 0 fully saturated rings. The van der Waals surface area contributed by atoms with Crippen LogP contribution in [0.2, 0.25) is 0 Å². The molecule has 4 aromatic carbocycles. The van der Waals surface area contributed by atoms with Crippen LogP contribution in [0.25, 0.3) is 45.2 Å². The molecule has 2 aliphatic heterocycles. The normalized spacial score (nSPS) is 13.2. The molecule has 3 N–H and O–H groups in total. The zero-order valence-electron chi connectivity index (χ0n) is 43.9. The summed E-state index contributed by atoms with van der Waals surface area (Å²) in [5, 5.41) is 27.2. The van der Waals surface area contributed by atoms with Gasteiger partial charge in [0.05, 0.1) is 41.9 Å². The number of hydrazone groups is 1. The maximum Gasteiger partial charge on any atom is 0.321 e. The first-order valence-electron chi connectivity index (χ1n) is 26.0. The van der Waals surface area contributed by atoms with Gasteiger partial charge >= 0.3 is 6.01 Å². The lowest BCUT2D eigenvalue weighted by Crippen LogP contribution is -2.34. The van der Waals surface area contributed by atoms with E-state index in [4.69, 9.17) is 24.7 Å². The number of benzene rings is 4. The predicted octanol–water partition coefficient (Wildman–Crippen LogP) is 9.43. The number of anilines is 1. The van der Waals surface area contributed by atoms with Crippen molar-refractivity contribution in [2.75, 3.05) is 38.5 Å². The summed E-state index contributed by atoms with van der Waals surface area (Å²) in [6.45, 7) is 11.1. The average molecular weight is 1040 g/mol. The van der Waals surface area contributed by atoms with Gasteiger partial charge in [-0.3, -0.25) is 29.5 Å². The highest BCUT2D eigenvalue weighted by Gasteiger charge is 2.25. The Morgan fingerprint density at radius 1 is 0.753 bits per heavy atom. The number of carbonyl (C=O) groups is 3. The van der Waals surface area contributed by atoms with Crippen molar-refractivity contribution in [3.63, 3.8) is 0 Å². The summed E-state index contributed by atoms with van der Waals surface area (Å²) < 4.78 is 12.5. The van der Waals surface area contributed by atoms with E-state index >= 15 is 0 Å². The van der Waals surface area contributed by atoms with Crippen LogP contribution >= 0.6 is 0 Å². The van der Waals surface area contributed by atoms with Gasteiger partial charge in [0.1, 0.15) is 18.2 Å². The molecule has 77 heavy (non-hydrogen) atoms. The second kappa shape index (κ2) is 24.0. The smallest absolute Gasteiger partial charge is 0.321 e. The van der Waals surface area contributed by atoms with E-state index in [1.807, 2.05) is 96.5 Å². The molecule has 2 amide bonds. The minimum absolute atomic E-state index is 0.0179. The van der Waals surface area contributed by atoms with Gasteiger partial charge in [-0.25, -0.2) is 14.7 Å². The Labute approximate surface area is 445 Å². The minimum atomic E-state index is -0.350. The number of aromatic nitrogens is 5. The first kappa shape index (κ1) is 52.7. The van der Waals surface area contributed by atoms with E-state index in [1.165, 1.54) is 4.68 Å². The Bertz CT molecular complexity index is 3540. The third-order valence-electron chi connectivity index (χ3n) is 13.1. The van der Waals surface area contributed by atoms with E-state index in [2.05, 4.69) is 44.7 Å². The number of rotatable bonds is 20. The van der Waals surface area contributed by atoms with Gasteiger partial charge in [-0.15, -0.1) is 5.10 Å². The second-order valence-corrected chi connectivity index (χ2v) is 19.0. The first-order valence-corrected chi connectivity index (χ1v) is 26.0. The van der Waals surface area contributed by atoms with Crippen LogP contribution in [-0.2, 0) is 22.7 Å². The molecule has 0 spiro atoms. The lowest BCUT2D eigenvalue weighted by Gasteiger charge is -2.23. The molecule has 0 bridgehead atoms. The van der Waals surface area contributed by atoms with Crippen molar-refractivity contribution in [1.29, 1.82) is 0 Å². The number of fused-ring (bicyclic) bond motifs is 3. The number of amides is 2. The van der Waals surface area contributed by atoms with Gasteiger partial charge in [-0.05, 0) is 90.4 Å². The Morgan fingerprint density at radius 2 is 1.36 bits per heavy atom. The van der Waals surface area contributed by atoms with Crippen LogP contribution in [-0.4, -0.2) is 109 Å². The average Bonchev–Trinajstić information content (AvgIpc) is 4.05. The van der Waals surface area contributed by atoms with Gasteiger partial charge in [0.25, 0.3) is 5.56 Å². The lowest BCUT2D eigenvalue weighted by atomic mass is 9.97. The molecule has 19 nitrogen and oxygen atoms in total. The summed E-state index contributed by atoms with van der Waals surface area (Å²) >= 11 is 0. The quantitative estimate of drug-likeness (QED) is 0.0412. The molecule has 2 aliphatic rings. The van der Waals surface area contributed by atoms with Crippen LogP contribution < -0.4 is 16.6 Å². The van der Waals surface area contributed by atoms with E-state index in [1.54, 1.807) is 48.9 Å². The summed E-state index contributed by atoms with van der Waals surface area (Å²) in [6.07, 6.45) is 13.1. The highest BCUT2D eigenvalue weighted by molar-refractivity contribution is 6.09. The SMILES string of the molecule is CCCN(CCC)C(=O)C1=Cc2ccc(-c3ccc4c(=O)n(Cc5nnc(NC6=Nc7cc(-c8ccc(C=O)c(/C=N\N(C)Cc9ccno9)c8)ccc7C=C(C(=O)N(CCC)CCC)C6)o5)ncc4c3)cc2N=C(N)C1. The summed E-state index contributed by atoms with van der Waals surface area (Å²) in [5.74, 6) is 1.40. The molecule has 9 rings (SSSR count). The molecule has 0 unspecified atom stereocenters. The van der Waals surface area contributed by atoms with Gasteiger partial charge in [0, 0.05) is 90.9 Å². The molecule has 0 saturated carbocycles. The number of hydrogen-bond acceptors (Lipinski definition) is 16. The first-order chi connectivity index (χ1) is 37.4. The number of nitrogens with one attached hydrogen (secondary N) is 1. The molecule has 0 atom stereocenters. The van der Waals surface area contributed by atoms with Crippen molar-refractivity contribution in [3.05, 3.63) is 147 Å². The zero-order chi connectivity index (χ0) is 54.0. The highest BCUT2D eigenvalue weighted by atomic mass is 16.5. The molecule has 0 radical (unpaired) electrons. The maximum absolute atomic E-state index is 14.2. The van der Waals surface area contributed by atoms with Crippen molar-refractivity contribution in [2.45, 2.75) is 79.3 Å². The van der Waals surface area contributed by atoms with Crippen LogP contribution in [0.4, 0.5) is 17.4 Å². The fraction of sp³-hybridized carbons (Fsp3) is 0.293. The highest BCUT2D eigenvalue weighted by Crippen LogP contribution is 2.35. The molecular weight excluding hydrogens is 975 g/mol. The standard InChI is InChI=1S/C58H61N13O6/c1-6-20-69(21-7-2)55(73)44-26-41-13-10-39(28-50(41)63-52(59)30-44)38-16-17-49-47(25-38)33-61-71(57(49)75)35-54-66-67-58(76-54)65-53-31-45(56(74)70(22-8-3)23-9-4)27-42-14-11-40(29-51(42)64-53)37-12-15-43(36-72)46(24-37)32-60-68(5)34-48-18-19-62-77-48/h10-19,24-29,32-33,36H,6-9,20-23,30-31,34-35H2,1-5H3,(H2,59,63)(H,64,65,67)/b60-32-. The topological polar surface area (TPSA) is 236 Å². The van der Waals surface area contributed by atoms with Crippen LogP contribution in [0.3, 0.4) is 0 Å². The fourth-order valence-electron chi connectivity index (χ4n) is 9.40. The van der Waals surface area contributed by atoms with Gasteiger partial charge in [-0.2, -0.15) is 10.2 Å². The molecular formula is C58H61N13O6. The van der Waals surface area contributed by atoms with Crippen LogP contribution in [0.5, 0.6) is 0 Å². The van der Waals surface area contributed by atoms with E-state index in [9.17, 15) is 19.2 Å². The van der Waals surface area contributed by atoms with E-state index in [0.29, 0.717) is 94.6 Å². The number of aldehydes is 1. The molecule has 394 valence electrons. The van der Waals surface area contributed by atoms with E-state index < -0.39 is 0 Å². The molecule has 19 heteroatoms. The van der Waals surface area contributed by atoms with Crippen LogP contribution in [0.1, 0.15) is 105 Å². The van der Waals surface area contributed by atoms with Gasteiger partial charge in [0.2, 0.25) is 17.7 Å². The predicted molar refractivity (Wildman–Crippen MR) is 299 cm³/mol. The second-order valence-electron chi connectivity index (χ2n) is 19.0. The molecule has 0 aliphatic carbocycles. The molecule has 3 aromatic heterocycles. The van der Waals surface area contributed by atoms with Crippen molar-refractivity contribution in [2.24, 2.45) is 20.8 Å². The van der Waals surface area contributed by atoms with Gasteiger partial charge in [0.15, 0.2) is 12.0 Å². The molecule has 5 heterocycles. The number of carbonyl (C=O) groups excluding carboxylic acids is 3. The number of hydrogen-bond donors (Lipinski definition) is 2. The van der Waals surface area contributed by atoms with Gasteiger partial charge in [-0.1, -0.05) is 80.4 Å². The third kappa shape index (κ3) is 12.4. The van der Waals surface area contributed by atoms with Crippen molar-refractivity contribution >= 4 is 76.3 Å². The fourth-order valence-corrected chi connectivity index (χ4v) is 9.40. The monoisotopic (exact) mass is 1040 g/mol. The van der Waals surface area contributed by atoms with Gasteiger partial charge < -0.3 is 24.5 Å². The Morgan fingerprint density at radius 3 is 2.00 bits per heavy atom. The van der Waals surface area contributed by atoms with Crippen LogP contribution in [0.15, 0.2) is 131 Å². The molecule has 7 aromatic rings. The van der Waals surface area contributed by atoms with E-state index in [0.717, 1.165) is 65.4 Å². The molecule has 0 saturated heterocycles. The maximum atomic E-state index is 14.2. The Balaban J connectivity index is 0.950. The lowest BCUT2D eigenvalue weighted by molar-refractivity contribution is -0.128. The zero-order valence-corrected chi connectivity index (χ0v) is 43.9. The number of aliphatic imine (C=N–C) groups is 2. The summed E-state index contributed by atoms with van der Waals surface area (Å²) in [4.78, 5) is 67.2. The summed E-state index contributed by atoms with van der Waals surface area (Å²) in [6, 6.07) is 24.5. The van der Waals surface area contributed by atoms with Crippen molar-refractivity contribution in [1.82, 2.24) is 39.9 Å². The third-order valence-corrected chi connectivity index (χ3v) is 13.1. The Hall–Kier alpha value is -9.13. The van der Waals surface area contributed by atoms with Crippen LogP contribution in [0, 0.1) is 0 Å². The summed E-state index contributed by atoms with van der Waals surface area (Å²) in [7, 11) is 1.80. The van der Waals surface area contributed by atoms with E-state index in [-0.39, 0.29) is 48.7 Å².